The molecule has 1 rings (SSSR count). The number of hydrogen-bond donors (Lipinski definition) is 2. The third kappa shape index (κ3) is 2.74. The molecule has 1 atom stereocenters. The zero-order chi connectivity index (χ0) is 12.1. The highest BCUT2D eigenvalue weighted by atomic mass is 16.3. The summed E-state index contributed by atoms with van der Waals surface area (Å²) in [5, 5.41) is 9.05. The molecule has 0 saturated carbocycles. The molecule has 0 heterocycles. The molecule has 90 valence electrons. The number of rotatable bonds is 5. The molecular weight excluding hydrogens is 200 g/mol. The van der Waals surface area contributed by atoms with Crippen molar-refractivity contribution in [1.29, 1.82) is 0 Å². The maximum absolute atomic E-state index is 9.05. The Morgan fingerprint density at radius 2 is 1.94 bits per heavy atom. The quantitative estimate of drug-likeness (QED) is 0.799. The van der Waals surface area contributed by atoms with Gasteiger partial charge in [-0.05, 0) is 44.0 Å². The lowest BCUT2D eigenvalue weighted by Crippen LogP contribution is -2.22. The lowest BCUT2D eigenvalue weighted by molar-refractivity contribution is 0.267. The van der Waals surface area contributed by atoms with Gasteiger partial charge in [0.2, 0.25) is 0 Å². The Morgan fingerprint density at radius 1 is 1.31 bits per heavy atom. The van der Waals surface area contributed by atoms with E-state index in [1.165, 1.54) is 5.69 Å². The van der Waals surface area contributed by atoms with Gasteiger partial charge < -0.3 is 15.7 Å². The second kappa shape index (κ2) is 5.87. The number of aliphatic hydroxyl groups is 1. The first-order valence-corrected chi connectivity index (χ1v) is 5.85. The van der Waals surface area contributed by atoms with E-state index >= 15 is 0 Å². The summed E-state index contributed by atoms with van der Waals surface area (Å²) in [6, 6.07) is 5.96. The molecule has 3 heteroatoms. The Bertz CT molecular complexity index is 335. The van der Waals surface area contributed by atoms with Crippen LogP contribution in [0, 0.1) is 6.92 Å². The number of nitrogens with zero attached hydrogens (tertiary/aromatic N) is 1. The Labute approximate surface area is 97.9 Å². The summed E-state index contributed by atoms with van der Waals surface area (Å²) < 4.78 is 0. The van der Waals surface area contributed by atoms with Gasteiger partial charge in [0.1, 0.15) is 0 Å². The third-order valence-electron chi connectivity index (χ3n) is 2.98. The molecule has 0 saturated heterocycles. The van der Waals surface area contributed by atoms with Crippen molar-refractivity contribution in [3.05, 3.63) is 29.3 Å². The van der Waals surface area contributed by atoms with Gasteiger partial charge in [-0.15, -0.1) is 0 Å². The summed E-state index contributed by atoms with van der Waals surface area (Å²) in [4.78, 5) is 2.29. The van der Waals surface area contributed by atoms with E-state index in [2.05, 4.69) is 30.9 Å². The Kier molecular flexibility index (Phi) is 4.77. The van der Waals surface area contributed by atoms with E-state index in [9.17, 15) is 0 Å². The first-order valence-electron chi connectivity index (χ1n) is 5.85. The summed E-state index contributed by atoms with van der Waals surface area (Å²) in [5.41, 5.74) is 9.21. The fourth-order valence-electron chi connectivity index (χ4n) is 1.96. The van der Waals surface area contributed by atoms with Gasteiger partial charge in [-0.25, -0.2) is 0 Å². The van der Waals surface area contributed by atoms with Crippen LogP contribution in [0.2, 0.25) is 0 Å². The van der Waals surface area contributed by atoms with E-state index in [4.69, 9.17) is 10.8 Å². The third-order valence-corrected chi connectivity index (χ3v) is 2.98. The largest absolute Gasteiger partial charge is 0.394 e. The van der Waals surface area contributed by atoms with Crippen molar-refractivity contribution < 1.29 is 5.11 Å². The maximum atomic E-state index is 9.05. The van der Waals surface area contributed by atoms with Gasteiger partial charge in [0, 0.05) is 18.8 Å². The molecule has 0 fully saturated rings. The van der Waals surface area contributed by atoms with Crippen LogP contribution in [0.5, 0.6) is 0 Å². The maximum Gasteiger partial charge on any atom is 0.0624 e. The number of nitrogens with two attached hydrogens (primary N) is 1. The summed E-state index contributed by atoms with van der Waals surface area (Å²) in [7, 11) is 0. The average molecular weight is 222 g/mol. The molecule has 0 aliphatic heterocycles. The highest BCUT2D eigenvalue weighted by Crippen LogP contribution is 2.22. The van der Waals surface area contributed by atoms with Crippen molar-refractivity contribution in [2.75, 3.05) is 24.6 Å². The van der Waals surface area contributed by atoms with E-state index in [1.807, 2.05) is 13.0 Å². The van der Waals surface area contributed by atoms with Crippen LogP contribution in [0.4, 0.5) is 5.69 Å². The van der Waals surface area contributed by atoms with Crippen molar-refractivity contribution in [3.63, 3.8) is 0 Å². The van der Waals surface area contributed by atoms with E-state index < -0.39 is 0 Å². The van der Waals surface area contributed by atoms with Gasteiger partial charge in [-0.3, -0.25) is 0 Å². The van der Waals surface area contributed by atoms with Crippen LogP contribution in [0.1, 0.15) is 31.0 Å². The van der Waals surface area contributed by atoms with Crippen molar-refractivity contribution in [1.82, 2.24) is 0 Å². The molecule has 0 spiro atoms. The lowest BCUT2D eigenvalue weighted by Gasteiger charge is -2.23. The SMILES string of the molecule is CCN(CC)c1ccc([C@H](N)CO)c(C)c1. The van der Waals surface area contributed by atoms with Crippen molar-refractivity contribution in [3.8, 4) is 0 Å². The lowest BCUT2D eigenvalue weighted by atomic mass is 10.0. The fraction of sp³-hybridized carbons (Fsp3) is 0.538. The monoisotopic (exact) mass is 222 g/mol. The molecule has 0 aliphatic rings. The molecular formula is C13H22N2O. The topological polar surface area (TPSA) is 49.5 Å². The van der Waals surface area contributed by atoms with Crippen LogP contribution in [-0.2, 0) is 0 Å². The minimum atomic E-state index is -0.272. The molecule has 0 aliphatic carbocycles. The molecule has 0 unspecified atom stereocenters. The molecule has 0 aromatic heterocycles. The predicted molar refractivity (Wildman–Crippen MR) is 68.8 cm³/mol. The van der Waals surface area contributed by atoms with Crippen LogP contribution in [0.3, 0.4) is 0 Å². The zero-order valence-electron chi connectivity index (χ0n) is 10.4. The van der Waals surface area contributed by atoms with Crippen LogP contribution >= 0.6 is 0 Å². The van der Waals surface area contributed by atoms with Crippen molar-refractivity contribution in [2.24, 2.45) is 5.73 Å². The summed E-state index contributed by atoms with van der Waals surface area (Å²) in [6.07, 6.45) is 0. The minimum absolute atomic E-state index is 0.00848. The number of aryl methyl sites for hydroxylation is 1. The second-order valence-corrected chi connectivity index (χ2v) is 4.00. The molecule has 0 bridgehead atoms. The Morgan fingerprint density at radius 3 is 2.38 bits per heavy atom. The first-order chi connectivity index (χ1) is 7.63. The van der Waals surface area contributed by atoms with Gasteiger partial charge in [-0.1, -0.05) is 6.07 Å². The molecule has 3 nitrogen and oxygen atoms in total. The fourth-order valence-corrected chi connectivity index (χ4v) is 1.96. The van der Waals surface area contributed by atoms with E-state index in [0.717, 1.165) is 24.2 Å². The Balaban J connectivity index is 2.98. The zero-order valence-corrected chi connectivity index (χ0v) is 10.4. The standard InChI is InChI=1S/C13H22N2O/c1-4-15(5-2)11-6-7-12(10(3)8-11)13(14)9-16/h6-8,13,16H,4-5,9,14H2,1-3H3/t13-/m1/s1. The summed E-state index contributed by atoms with van der Waals surface area (Å²) >= 11 is 0. The van der Waals surface area contributed by atoms with Crippen molar-refractivity contribution in [2.45, 2.75) is 26.8 Å². The van der Waals surface area contributed by atoms with Crippen LogP contribution in [0.25, 0.3) is 0 Å². The van der Waals surface area contributed by atoms with Gasteiger partial charge in [-0.2, -0.15) is 0 Å². The Hall–Kier alpha value is -1.06. The van der Waals surface area contributed by atoms with Gasteiger partial charge >= 0.3 is 0 Å². The van der Waals surface area contributed by atoms with Crippen LogP contribution < -0.4 is 10.6 Å². The van der Waals surface area contributed by atoms with Crippen molar-refractivity contribution >= 4 is 5.69 Å². The minimum Gasteiger partial charge on any atom is -0.394 e. The molecule has 1 aromatic carbocycles. The van der Waals surface area contributed by atoms with Gasteiger partial charge in [0.15, 0.2) is 0 Å². The highest BCUT2D eigenvalue weighted by molar-refractivity contribution is 5.51. The normalized spacial score (nSPS) is 12.6. The van der Waals surface area contributed by atoms with E-state index in [-0.39, 0.29) is 12.6 Å². The van der Waals surface area contributed by atoms with Gasteiger partial charge in [0.25, 0.3) is 0 Å². The summed E-state index contributed by atoms with van der Waals surface area (Å²) in [6.45, 7) is 8.32. The molecule has 16 heavy (non-hydrogen) atoms. The van der Waals surface area contributed by atoms with Gasteiger partial charge in [0.05, 0.1) is 12.6 Å². The molecule has 1 aromatic rings. The number of benzene rings is 1. The number of aliphatic hydroxyl groups excluding tert-OH is 1. The molecule has 0 radical (unpaired) electrons. The number of hydrogen-bond acceptors (Lipinski definition) is 3. The highest BCUT2D eigenvalue weighted by Gasteiger charge is 2.09. The second-order valence-electron chi connectivity index (χ2n) is 4.00. The van der Waals surface area contributed by atoms with Crippen LogP contribution in [-0.4, -0.2) is 24.8 Å². The molecule has 0 amide bonds. The van der Waals surface area contributed by atoms with Crippen LogP contribution in [0.15, 0.2) is 18.2 Å². The summed E-state index contributed by atoms with van der Waals surface area (Å²) in [5.74, 6) is 0. The first kappa shape index (κ1) is 13.0. The smallest absolute Gasteiger partial charge is 0.0624 e. The average Bonchev–Trinajstić information content (AvgIpc) is 2.30. The van der Waals surface area contributed by atoms with E-state index in [1.54, 1.807) is 0 Å². The predicted octanol–water partition coefficient (Wildman–Crippen LogP) is 1.83. The van der Waals surface area contributed by atoms with E-state index in [0.29, 0.717) is 0 Å². The number of anilines is 1. The molecule has 3 N–H and O–H groups in total.